The minimum atomic E-state index is -3.35. The number of hydrogen-bond acceptors (Lipinski definition) is 3. The molecule has 2 aliphatic rings. The van der Waals surface area contributed by atoms with Crippen LogP contribution in [0.3, 0.4) is 0 Å². The molecule has 2 atom stereocenters. The first kappa shape index (κ1) is 15.0. The van der Waals surface area contributed by atoms with Crippen molar-refractivity contribution < 1.29 is 8.42 Å². The molecule has 21 heavy (non-hydrogen) atoms. The van der Waals surface area contributed by atoms with Crippen molar-refractivity contribution in [2.75, 3.05) is 0 Å². The second-order valence-corrected chi connectivity index (χ2v) is 8.03. The quantitative estimate of drug-likeness (QED) is 0.775. The van der Waals surface area contributed by atoms with Gasteiger partial charge in [-0.15, -0.1) is 0 Å². The Morgan fingerprint density at radius 2 is 1.90 bits per heavy atom. The zero-order valence-corrected chi connectivity index (χ0v) is 13.3. The van der Waals surface area contributed by atoms with E-state index in [1.54, 1.807) is 12.1 Å². The van der Waals surface area contributed by atoms with Gasteiger partial charge in [0.1, 0.15) is 0 Å². The molecule has 2 aliphatic carbocycles. The Labute approximate surface area is 127 Å². The van der Waals surface area contributed by atoms with Crippen LogP contribution in [0.2, 0.25) is 0 Å². The lowest BCUT2D eigenvalue weighted by Gasteiger charge is -2.08. The van der Waals surface area contributed by atoms with E-state index in [0.717, 1.165) is 31.4 Å². The normalized spacial score (nSPS) is 25.0. The third-order valence-corrected chi connectivity index (χ3v) is 5.80. The van der Waals surface area contributed by atoms with Crippen LogP contribution < -0.4 is 10.0 Å². The Hall–Kier alpha value is -0.910. The fourth-order valence-corrected chi connectivity index (χ4v) is 4.00. The zero-order valence-electron chi connectivity index (χ0n) is 12.5. The van der Waals surface area contributed by atoms with Crippen LogP contribution in [0.15, 0.2) is 29.2 Å². The predicted octanol–water partition coefficient (Wildman–Crippen LogP) is 2.41. The summed E-state index contributed by atoms with van der Waals surface area (Å²) in [5.74, 6) is 0.534. The zero-order chi connectivity index (χ0) is 14.9. The maximum Gasteiger partial charge on any atom is 0.240 e. The lowest BCUT2D eigenvalue weighted by atomic mass is 10.2. The highest BCUT2D eigenvalue weighted by Gasteiger charge is 2.39. The van der Waals surface area contributed by atoms with Crippen molar-refractivity contribution in [1.82, 2.24) is 10.0 Å². The minimum absolute atomic E-state index is 0.145. The lowest BCUT2D eigenvalue weighted by Crippen LogP contribution is -2.27. The van der Waals surface area contributed by atoms with Gasteiger partial charge < -0.3 is 5.32 Å². The van der Waals surface area contributed by atoms with Gasteiger partial charge in [0.2, 0.25) is 10.0 Å². The molecule has 1 aromatic carbocycles. The van der Waals surface area contributed by atoms with Crippen molar-refractivity contribution in [2.45, 2.75) is 62.6 Å². The summed E-state index contributed by atoms with van der Waals surface area (Å²) in [4.78, 5) is 0.375. The minimum Gasteiger partial charge on any atom is -0.310 e. The Morgan fingerprint density at radius 1 is 1.19 bits per heavy atom. The van der Waals surface area contributed by atoms with Crippen LogP contribution in [-0.4, -0.2) is 20.5 Å². The second-order valence-electron chi connectivity index (χ2n) is 6.31. The first-order chi connectivity index (χ1) is 10.1. The van der Waals surface area contributed by atoms with Crippen molar-refractivity contribution >= 4 is 10.0 Å². The van der Waals surface area contributed by atoms with E-state index < -0.39 is 10.0 Å². The third-order valence-electron chi connectivity index (χ3n) is 4.29. The molecule has 2 N–H and O–H groups in total. The summed E-state index contributed by atoms with van der Waals surface area (Å²) in [5, 5.41) is 3.43. The van der Waals surface area contributed by atoms with Gasteiger partial charge in [-0.3, -0.25) is 0 Å². The number of nitrogens with one attached hydrogen (secondary N) is 2. The molecule has 0 heterocycles. The summed E-state index contributed by atoms with van der Waals surface area (Å²) in [6.45, 7) is 2.96. The fourth-order valence-electron chi connectivity index (χ4n) is 2.69. The standard InChI is InChI=1S/C16H24N2O2S/c1-2-3-13-10-16(13)18-21(19,20)15-8-4-12(5-9-15)11-17-14-6-7-14/h4-5,8-9,13-14,16-18H,2-3,6-7,10-11H2,1H3. The summed E-state index contributed by atoms with van der Waals surface area (Å²) in [6, 6.07) is 8.04. The molecule has 0 spiro atoms. The molecule has 0 aromatic heterocycles. The van der Waals surface area contributed by atoms with Gasteiger partial charge in [0.05, 0.1) is 4.90 Å². The third kappa shape index (κ3) is 4.05. The van der Waals surface area contributed by atoms with Gasteiger partial charge in [0.25, 0.3) is 0 Å². The van der Waals surface area contributed by atoms with Gasteiger partial charge in [-0.1, -0.05) is 25.5 Å². The lowest BCUT2D eigenvalue weighted by molar-refractivity contribution is 0.573. The molecular weight excluding hydrogens is 284 g/mol. The number of sulfonamides is 1. The highest BCUT2D eigenvalue weighted by atomic mass is 32.2. The van der Waals surface area contributed by atoms with Crippen LogP contribution in [0.4, 0.5) is 0 Å². The molecule has 0 radical (unpaired) electrons. The maximum absolute atomic E-state index is 12.3. The van der Waals surface area contributed by atoms with E-state index in [1.165, 1.54) is 12.8 Å². The molecule has 2 saturated carbocycles. The summed E-state index contributed by atoms with van der Waals surface area (Å²) >= 11 is 0. The van der Waals surface area contributed by atoms with Gasteiger partial charge in [-0.05, 0) is 49.3 Å². The summed E-state index contributed by atoms with van der Waals surface area (Å²) in [7, 11) is -3.35. The van der Waals surface area contributed by atoms with Crippen molar-refractivity contribution in [2.24, 2.45) is 5.92 Å². The Bertz CT molecular complexity index is 579. The monoisotopic (exact) mass is 308 g/mol. The van der Waals surface area contributed by atoms with Crippen LogP contribution >= 0.6 is 0 Å². The second kappa shape index (κ2) is 6.07. The molecule has 0 bridgehead atoms. The summed E-state index contributed by atoms with van der Waals surface area (Å²) in [6.07, 6.45) is 5.73. The molecular formula is C16H24N2O2S. The Balaban J connectivity index is 1.57. The van der Waals surface area contributed by atoms with E-state index in [2.05, 4.69) is 17.0 Å². The van der Waals surface area contributed by atoms with E-state index in [4.69, 9.17) is 0 Å². The van der Waals surface area contributed by atoms with Crippen molar-refractivity contribution in [3.63, 3.8) is 0 Å². The summed E-state index contributed by atoms with van der Waals surface area (Å²) in [5.41, 5.74) is 1.14. The first-order valence-electron chi connectivity index (χ1n) is 7.93. The van der Waals surface area contributed by atoms with Crippen LogP contribution in [0.25, 0.3) is 0 Å². The van der Waals surface area contributed by atoms with E-state index in [0.29, 0.717) is 16.9 Å². The van der Waals surface area contributed by atoms with Crippen LogP contribution in [0, 0.1) is 5.92 Å². The molecule has 1 aromatic rings. The molecule has 3 rings (SSSR count). The molecule has 0 aliphatic heterocycles. The van der Waals surface area contributed by atoms with E-state index in [-0.39, 0.29) is 6.04 Å². The van der Waals surface area contributed by atoms with Crippen LogP contribution in [-0.2, 0) is 16.6 Å². The molecule has 4 nitrogen and oxygen atoms in total. The Morgan fingerprint density at radius 3 is 2.52 bits per heavy atom. The van der Waals surface area contributed by atoms with Gasteiger partial charge in [0, 0.05) is 18.6 Å². The van der Waals surface area contributed by atoms with Crippen molar-refractivity contribution in [3.8, 4) is 0 Å². The topological polar surface area (TPSA) is 58.2 Å². The molecule has 2 fully saturated rings. The Kier molecular flexibility index (Phi) is 4.33. The molecule has 0 saturated heterocycles. The largest absolute Gasteiger partial charge is 0.310 e. The highest BCUT2D eigenvalue weighted by molar-refractivity contribution is 7.89. The first-order valence-corrected chi connectivity index (χ1v) is 9.41. The number of rotatable bonds is 8. The molecule has 5 heteroatoms. The molecule has 0 amide bonds. The van der Waals surface area contributed by atoms with Crippen LogP contribution in [0.5, 0.6) is 0 Å². The number of benzene rings is 1. The van der Waals surface area contributed by atoms with Crippen molar-refractivity contribution in [3.05, 3.63) is 29.8 Å². The molecule has 2 unspecified atom stereocenters. The van der Waals surface area contributed by atoms with Gasteiger partial charge in [0.15, 0.2) is 0 Å². The van der Waals surface area contributed by atoms with Gasteiger partial charge >= 0.3 is 0 Å². The molecule has 116 valence electrons. The SMILES string of the molecule is CCCC1CC1NS(=O)(=O)c1ccc(CNC2CC2)cc1. The average Bonchev–Trinajstić information content (AvgIpc) is 3.36. The summed E-state index contributed by atoms with van der Waals surface area (Å²) < 4.78 is 27.4. The van der Waals surface area contributed by atoms with E-state index >= 15 is 0 Å². The smallest absolute Gasteiger partial charge is 0.240 e. The van der Waals surface area contributed by atoms with E-state index in [9.17, 15) is 8.42 Å². The average molecular weight is 308 g/mol. The van der Waals surface area contributed by atoms with Crippen LogP contribution in [0.1, 0.15) is 44.6 Å². The van der Waals surface area contributed by atoms with E-state index in [1.807, 2.05) is 12.1 Å². The van der Waals surface area contributed by atoms with Gasteiger partial charge in [-0.25, -0.2) is 13.1 Å². The predicted molar refractivity (Wildman–Crippen MR) is 83.4 cm³/mol. The van der Waals surface area contributed by atoms with Gasteiger partial charge in [-0.2, -0.15) is 0 Å². The fraction of sp³-hybridized carbons (Fsp3) is 0.625. The maximum atomic E-state index is 12.3. The number of hydrogen-bond donors (Lipinski definition) is 2. The van der Waals surface area contributed by atoms with Crippen molar-refractivity contribution in [1.29, 1.82) is 0 Å². The highest BCUT2D eigenvalue weighted by Crippen LogP contribution is 2.35.